The predicted molar refractivity (Wildman–Crippen MR) is 107 cm³/mol. The Bertz CT molecular complexity index is 993. The lowest BCUT2D eigenvalue weighted by Crippen LogP contribution is -2.36. The number of carbonyl (C=O) groups excluding carboxylic acids is 2. The van der Waals surface area contributed by atoms with Gasteiger partial charge in [-0.15, -0.1) is 0 Å². The summed E-state index contributed by atoms with van der Waals surface area (Å²) in [6, 6.07) is 11.2. The first-order chi connectivity index (χ1) is 14.2. The quantitative estimate of drug-likeness (QED) is 0.317. The van der Waals surface area contributed by atoms with E-state index in [1.165, 1.54) is 50.2 Å². The molecule has 2 amide bonds. The number of benzene rings is 2. The van der Waals surface area contributed by atoms with Crippen LogP contribution in [0.2, 0.25) is 0 Å². The highest BCUT2D eigenvalue weighted by Crippen LogP contribution is 2.14. The average molecular weight is 412 g/mol. The summed E-state index contributed by atoms with van der Waals surface area (Å²) in [7, 11) is 0. The van der Waals surface area contributed by atoms with Gasteiger partial charge in [0.2, 0.25) is 0 Å². The second kappa shape index (κ2) is 9.64. The fourth-order valence-corrected chi connectivity index (χ4v) is 2.19. The Labute approximate surface area is 169 Å². The number of nitrogens with zero attached hydrogens (tertiary/aromatic N) is 4. The summed E-state index contributed by atoms with van der Waals surface area (Å²) in [5.41, 5.74) is 5.05. The SMILES string of the molecule is CC(=NNC(=O)C(=O)NN=C(C)c1cccc([N+](=O)[O-])c1)c1cccc([N+](=O)[O-])c1. The van der Waals surface area contributed by atoms with Crippen molar-refractivity contribution in [3.63, 3.8) is 0 Å². The fraction of sp³-hybridized carbons (Fsp3) is 0.111. The molecule has 0 saturated heterocycles. The molecule has 12 nitrogen and oxygen atoms in total. The summed E-state index contributed by atoms with van der Waals surface area (Å²) < 4.78 is 0. The molecule has 0 fully saturated rings. The number of hydrazone groups is 2. The van der Waals surface area contributed by atoms with Gasteiger partial charge in [-0.25, -0.2) is 10.9 Å². The number of nitrogens with one attached hydrogen (secondary N) is 2. The Morgan fingerprint density at radius 2 is 1.13 bits per heavy atom. The number of nitro benzene ring substituents is 2. The van der Waals surface area contributed by atoms with Gasteiger partial charge in [0, 0.05) is 35.4 Å². The van der Waals surface area contributed by atoms with Gasteiger partial charge in [0.05, 0.1) is 21.3 Å². The second-order valence-electron chi connectivity index (χ2n) is 5.89. The largest absolute Gasteiger partial charge is 0.331 e. The molecule has 2 N–H and O–H groups in total. The van der Waals surface area contributed by atoms with Crippen molar-refractivity contribution in [2.45, 2.75) is 13.8 Å². The van der Waals surface area contributed by atoms with Crippen LogP contribution in [-0.4, -0.2) is 33.1 Å². The van der Waals surface area contributed by atoms with Crippen molar-refractivity contribution in [2.24, 2.45) is 10.2 Å². The highest BCUT2D eigenvalue weighted by molar-refractivity contribution is 6.35. The van der Waals surface area contributed by atoms with E-state index in [0.717, 1.165) is 0 Å². The lowest BCUT2D eigenvalue weighted by molar-refractivity contribution is -0.385. The van der Waals surface area contributed by atoms with Crippen LogP contribution in [0.25, 0.3) is 0 Å². The zero-order chi connectivity index (χ0) is 22.3. The van der Waals surface area contributed by atoms with Crippen molar-refractivity contribution in [2.75, 3.05) is 0 Å². The molecule has 0 aliphatic rings. The summed E-state index contributed by atoms with van der Waals surface area (Å²) in [5.74, 6) is -2.23. The van der Waals surface area contributed by atoms with Gasteiger partial charge < -0.3 is 0 Å². The maximum atomic E-state index is 11.8. The third kappa shape index (κ3) is 5.76. The Balaban J connectivity index is 2.01. The number of nitro groups is 2. The molecule has 0 unspecified atom stereocenters. The molecule has 2 rings (SSSR count). The monoisotopic (exact) mass is 412 g/mol. The van der Waals surface area contributed by atoms with E-state index in [0.29, 0.717) is 11.1 Å². The van der Waals surface area contributed by atoms with Crippen molar-refractivity contribution in [3.8, 4) is 0 Å². The van der Waals surface area contributed by atoms with Crippen LogP contribution >= 0.6 is 0 Å². The van der Waals surface area contributed by atoms with Gasteiger partial charge in [0.25, 0.3) is 11.4 Å². The van der Waals surface area contributed by atoms with Crippen molar-refractivity contribution in [1.29, 1.82) is 0 Å². The van der Waals surface area contributed by atoms with Gasteiger partial charge in [-0.2, -0.15) is 10.2 Å². The molecule has 0 aliphatic heterocycles. The van der Waals surface area contributed by atoms with Crippen molar-refractivity contribution < 1.29 is 19.4 Å². The van der Waals surface area contributed by atoms with Crippen LogP contribution in [0, 0.1) is 20.2 Å². The van der Waals surface area contributed by atoms with Crippen LogP contribution in [0.4, 0.5) is 11.4 Å². The van der Waals surface area contributed by atoms with Gasteiger partial charge in [-0.3, -0.25) is 29.8 Å². The summed E-state index contributed by atoms with van der Waals surface area (Å²) in [6.45, 7) is 3.00. The van der Waals surface area contributed by atoms with Gasteiger partial charge in [0.15, 0.2) is 0 Å². The Kier molecular flexibility index (Phi) is 7.01. The molecule has 0 bridgehead atoms. The highest BCUT2D eigenvalue weighted by atomic mass is 16.6. The number of amides is 2. The zero-order valence-corrected chi connectivity index (χ0v) is 15.9. The first-order valence-electron chi connectivity index (χ1n) is 8.37. The van der Waals surface area contributed by atoms with Gasteiger partial charge >= 0.3 is 11.8 Å². The number of rotatable bonds is 6. The summed E-state index contributed by atoms with van der Waals surface area (Å²) in [5, 5.41) is 29.1. The lowest BCUT2D eigenvalue weighted by Gasteiger charge is -2.04. The van der Waals surface area contributed by atoms with E-state index >= 15 is 0 Å². The van der Waals surface area contributed by atoms with Crippen molar-refractivity contribution in [1.82, 2.24) is 10.9 Å². The second-order valence-corrected chi connectivity index (χ2v) is 5.89. The molecule has 0 spiro atoms. The number of non-ortho nitro benzene ring substituents is 2. The molecule has 0 atom stereocenters. The van der Waals surface area contributed by atoms with E-state index in [1.54, 1.807) is 12.1 Å². The first kappa shape index (κ1) is 21.8. The third-order valence-corrected chi connectivity index (χ3v) is 3.81. The summed E-state index contributed by atoms with van der Waals surface area (Å²) >= 11 is 0. The molecule has 0 aromatic heterocycles. The topological polar surface area (TPSA) is 169 Å². The standard InChI is InChI=1S/C18H16N6O6/c1-11(13-5-3-7-15(9-13)23(27)28)19-21-17(25)18(26)22-20-12(2)14-6-4-8-16(10-14)24(29)30/h3-10H,1-2H3,(H,21,25)(H,22,26). The molecule has 0 radical (unpaired) electrons. The Hall–Kier alpha value is -4.48. The van der Waals surface area contributed by atoms with Gasteiger partial charge in [0.1, 0.15) is 0 Å². The molecular formula is C18H16N6O6. The molecule has 154 valence electrons. The van der Waals surface area contributed by atoms with Crippen LogP contribution in [-0.2, 0) is 9.59 Å². The molecule has 0 aliphatic carbocycles. The van der Waals surface area contributed by atoms with Crippen molar-refractivity contribution in [3.05, 3.63) is 79.9 Å². The van der Waals surface area contributed by atoms with Crippen LogP contribution in [0.5, 0.6) is 0 Å². The predicted octanol–water partition coefficient (Wildman–Crippen LogP) is 1.88. The Morgan fingerprint density at radius 3 is 1.47 bits per heavy atom. The zero-order valence-electron chi connectivity index (χ0n) is 15.9. The lowest BCUT2D eigenvalue weighted by atomic mass is 10.1. The van der Waals surface area contributed by atoms with Gasteiger partial charge in [-0.05, 0) is 13.8 Å². The molecule has 2 aromatic rings. The Morgan fingerprint density at radius 1 is 0.767 bits per heavy atom. The van der Waals surface area contributed by atoms with Gasteiger partial charge in [-0.1, -0.05) is 24.3 Å². The van der Waals surface area contributed by atoms with Crippen LogP contribution in [0.3, 0.4) is 0 Å². The highest BCUT2D eigenvalue weighted by Gasteiger charge is 2.14. The molecule has 30 heavy (non-hydrogen) atoms. The molecule has 12 heteroatoms. The van der Waals surface area contributed by atoms with Crippen LogP contribution in [0.15, 0.2) is 58.7 Å². The van der Waals surface area contributed by atoms with Crippen LogP contribution < -0.4 is 10.9 Å². The number of carbonyl (C=O) groups is 2. The maximum Gasteiger partial charge on any atom is 0.331 e. The normalized spacial score (nSPS) is 11.5. The number of hydrogen-bond acceptors (Lipinski definition) is 8. The molecule has 0 saturated carbocycles. The average Bonchev–Trinajstić information content (AvgIpc) is 2.75. The minimum Gasteiger partial charge on any atom is -0.262 e. The third-order valence-electron chi connectivity index (χ3n) is 3.81. The number of hydrogen-bond donors (Lipinski definition) is 2. The van der Waals surface area contributed by atoms with Crippen molar-refractivity contribution >= 4 is 34.6 Å². The maximum absolute atomic E-state index is 11.8. The minimum absolute atomic E-state index is 0.142. The van der Waals surface area contributed by atoms with E-state index in [9.17, 15) is 29.8 Å². The van der Waals surface area contributed by atoms with E-state index in [-0.39, 0.29) is 22.8 Å². The fourth-order valence-electron chi connectivity index (χ4n) is 2.19. The van der Waals surface area contributed by atoms with E-state index < -0.39 is 21.7 Å². The van der Waals surface area contributed by atoms with E-state index in [2.05, 4.69) is 10.2 Å². The minimum atomic E-state index is -1.12. The van der Waals surface area contributed by atoms with Crippen LogP contribution in [0.1, 0.15) is 25.0 Å². The van der Waals surface area contributed by atoms with E-state index in [1.807, 2.05) is 10.9 Å². The summed E-state index contributed by atoms with van der Waals surface area (Å²) in [4.78, 5) is 44.2. The van der Waals surface area contributed by atoms with E-state index in [4.69, 9.17) is 0 Å². The molecular weight excluding hydrogens is 396 g/mol. The molecule has 2 aromatic carbocycles. The smallest absolute Gasteiger partial charge is 0.262 e. The molecule has 0 heterocycles. The summed E-state index contributed by atoms with van der Waals surface area (Å²) in [6.07, 6.45) is 0. The first-order valence-corrected chi connectivity index (χ1v) is 8.37.